The van der Waals surface area contributed by atoms with Crippen LogP contribution in [-0.2, 0) is 6.54 Å². The summed E-state index contributed by atoms with van der Waals surface area (Å²) < 4.78 is 0. The van der Waals surface area contributed by atoms with E-state index in [1.165, 1.54) is 5.56 Å². The second kappa shape index (κ2) is 7.00. The van der Waals surface area contributed by atoms with E-state index in [4.69, 9.17) is 15.8 Å². The van der Waals surface area contributed by atoms with Gasteiger partial charge in [-0.15, -0.1) is 0 Å². The number of nitrogens with two attached hydrogens (primary N) is 1. The maximum absolute atomic E-state index is 8.85. The standard InChI is InChI=1S/C13H22BN3O2/c15-13-10-17(8-11-3-2-6-16-7-11)9-12(13)4-1-5-14(18)19/h2-3,6-7,12-13,18-19H,1,4-5,8-10,15H2/t12-,13-/m0/s1. The van der Waals surface area contributed by atoms with E-state index in [0.717, 1.165) is 32.5 Å². The first-order chi connectivity index (χ1) is 9.15. The molecular weight excluding hydrogens is 241 g/mol. The summed E-state index contributed by atoms with van der Waals surface area (Å²) in [6, 6.07) is 4.21. The minimum Gasteiger partial charge on any atom is -0.427 e. The summed E-state index contributed by atoms with van der Waals surface area (Å²) in [6.07, 6.45) is 5.88. The van der Waals surface area contributed by atoms with Crippen LogP contribution in [0.25, 0.3) is 0 Å². The van der Waals surface area contributed by atoms with E-state index in [2.05, 4.69) is 16.0 Å². The lowest BCUT2D eigenvalue weighted by atomic mass is 9.82. The zero-order valence-electron chi connectivity index (χ0n) is 11.2. The fraction of sp³-hybridized carbons (Fsp3) is 0.615. The Morgan fingerprint density at radius 1 is 1.42 bits per heavy atom. The van der Waals surface area contributed by atoms with Gasteiger partial charge in [0.05, 0.1) is 0 Å². The Bertz CT molecular complexity index is 377. The van der Waals surface area contributed by atoms with Crippen LogP contribution >= 0.6 is 0 Å². The number of hydrogen-bond donors (Lipinski definition) is 3. The molecule has 4 N–H and O–H groups in total. The molecule has 2 atom stereocenters. The van der Waals surface area contributed by atoms with Crippen LogP contribution < -0.4 is 5.73 Å². The van der Waals surface area contributed by atoms with Crippen LogP contribution in [0.1, 0.15) is 18.4 Å². The highest BCUT2D eigenvalue weighted by molar-refractivity contribution is 6.40. The zero-order valence-corrected chi connectivity index (χ0v) is 11.2. The predicted molar refractivity (Wildman–Crippen MR) is 75.2 cm³/mol. The summed E-state index contributed by atoms with van der Waals surface area (Å²) in [5.74, 6) is 0.454. The molecule has 0 amide bonds. The smallest absolute Gasteiger partial charge is 0.427 e. The van der Waals surface area contributed by atoms with Crippen LogP contribution in [0, 0.1) is 5.92 Å². The SMILES string of the molecule is N[C@H]1CN(Cc2cccnc2)C[C@@H]1CCCB(O)O. The lowest BCUT2D eigenvalue weighted by Gasteiger charge is -2.15. The van der Waals surface area contributed by atoms with Gasteiger partial charge in [0.15, 0.2) is 0 Å². The zero-order chi connectivity index (χ0) is 13.7. The van der Waals surface area contributed by atoms with Gasteiger partial charge in [-0.3, -0.25) is 9.88 Å². The molecule has 1 aliphatic heterocycles. The number of rotatable bonds is 6. The van der Waals surface area contributed by atoms with Crippen molar-refractivity contribution in [1.82, 2.24) is 9.88 Å². The van der Waals surface area contributed by atoms with Gasteiger partial charge in [0.1, 0.15) is 0 Å². The van der Waals surface area contributed by atoms with Crippen molar-refractivity contribution in [3.8, 4) is 0 Å². The van der Waals surface area contributed by atoms with E-state index in [0.29, 0.717) is 12.2 Å². The molecule has 1 aromatic rings. The topological polar surface area (TPSA) is 82.6 Å². The summed E-state index contributed by atoms with van der Waals surface area (Å²) >= 11 is 0. The van der Waals surface area contributed by atoms with Gasteiger partial charge < -0.3 is 15.8 Å². The van der Waals surface area contributed by atoms with Gasteiger partial charge in [-0.2, -0.15) is 0 Å². The lowest BCUT2D eigenvalue weighted by Crippen LogP contribution is -2.29. The van der Waals surface area contributed by atoms with Crippen LogP contribution in [0.5, 0.6) is 0 Å². The largest absolute Gasteiger partial charge is 0.451 e. The highest BCUT2D eigenvalue weighted by Crippen LogP contribution is 2.22. The van der Waals surface area contributed by atoms with Crippen molar-refractivity contribution in [2.24, 2.45) is 11.7 Å². The van der Waals surface area contributed by atoms with Crippen molar-refractivity contribution in [2.75, 3.05) is 13.1 Å². The van der Waals surface area contributed by atoms with Crippen molar-refractivity contribution in [1.29, 1.82) is 0 Å². The van der Waals surface area contributed by atoms with Crippen LogP contribution in [0.2, 0.25) is 6.32 Å². The molecule has 1 aliphatic rings. The second-order valence-corrected chi connectivity index (χ2v) is 5.39. The van der Waals surface area contributed by atoms with Gasteiger partial charge >= 0.3 is 7.12 Å². The quantitative estimate of drug-likeness (QED) is 0.634. The van der Waals surface area contributed by atoms with E-state index >= 15 is 0 Å². The molecule has 0 radical (unpaired) electrons. The second-order valence-electron chi connectivity index (χ2n) is 5.39. The molecule has 104 valence electrons. The molecule has 2 rings (SSSR count). The van der Waals surface area contributed by atoms with Crippen molar-refractivity contribution in [2.45, 2.75) is 31.7 Å². The van der Waals surface area contributed by atoms with Crippen molar-refractivity contribution in [3.05, 3.63) is 30.1 Å². The Morgan fingerprint density at radius 3 is 2.95 bits per heavy atom. The molecule has 0 bridgehead atoms. The molecular formula is C13H22BN3O2. The van der Waals surface area contributed by atoms with Crippen molar-refractivity contribution < 1.29 is 10.0 Å². The molecule has 1 aromatic heterocycles. The monoisotopic (exact) mass is 263 g/mol. The molecule has 0 spiro atoms. The Morgan fingerprint density at radius 2 is 2.26 bits per heavy atom. The van der Waals surface area contributed by atoms with E-state index in [1.54, 1.807) is 6.20 Å². The summed E-state index contributed by atoms with van der Waals surface area (Å²) in [5, 5.41) is 17.7. The number of likely N-dealkylation sites (tertiary alicyclic amines) is 1. The van der Waals surface area contributed by atoms with Crippen LogP contribution in [-0.4, -0.2) is 46.2 Å². The average molecular weight is 263 g/mol. The molecule has 1 saturated heterocycles. The Kier molecular flexibility index (Phi) is 5.33. The van der Waals surface area contributed by atoms with Crippen LogP contribution in [0.3, 0.4) is 0 Å². The predicted octanol–water partition coefficient (Wildman–Crippen LogP) is 0.0937. The summed E-state index contributed by atoms with van der Waals surface area (Å²) in [4.78, 5) is 6.47. The first kappa shape index (κ1) is 14.5. The van der Waals surface area contributed by atoms with Crippen molar-refractivity contribution >= 4 is 7.12 Å². The highest BCUT2D eigenvalue weighted by Gasteiger charge is 2.29. The van der Waals surface area contributed by atoms with E-state index < -0.39 is 7.12 Å². The Labute approximate surface area is 114 Å². The van der Waals surface area contributed by atoms with E-state index in [9.17, 15) is 0 Å². The Balaban J connectivity index is 1.77. The first-order valence-electron chi connectivity index (χ1n) is 6.88. The maximum atomic E-state index is 8.85. The fourth-order valence-corrected chi connectivity index (χ4v) is 2.74. The lowest BCUT2D eigenvalue weighted by molar-refractivity contribution is 0.311. The van der Waals surface area contributed by atoms with Crippen molar-refractivity contribution in [3.63, 3.8) is 0 Å². The molecule has 0 unspecified atom stereocenters. The van der Waals surface area contributed by atoms with Gasteiger partial charge in [-0.05, 0) is 30.3 Å². The first-order valence-corrected chi connectivity index (χ1v) is 6.88. The average Bonchev–Trinajstić information content (AvgIpc) is 2.70. The molecule has 2 heterocycles. The normalized spacial score (nSPS) is 23.7. The molecule has 0 aliphatic carbocycles. The molecule has 5 nitrogen and oxygen atoms in total. The van der Waals surface area contributed by atoms with Crippen LogP contribution in [0.4, 0.5) is 0 Å². The maximum Gasteiger partial charge on any atom is 0.451 e. The number of nitrogens with zero attached hydrogens (tertiary/aromatic N) is 2. The number of hydrogen-bond acceptors (Lipinski definition) is 5. The Hall–Kier alpha value is -0.945. The van der Waals surface area contributed by atoms with Crippen LogP contribution in [0.15, 0.2) is 24.5 Å². The molecule has 0 saturated carbocycles. The number of aromatic nitrogens is 1. The van der Waals surface area contributed by atoms with Gasteiger partial charge in [0.2, 0.25) is 0 Å². The minimum absolute atomic E-state index is 0.188. The molecule has 6 heteroatoms. The molecule has 19 heavy (non-hydrogen) atoms. The summed E-state index contributed by atoms with van der Waals surface area (Å²) in [5.41, 5.74) is 7.37. The third-order valence-electron chi connectivity index (χ3n) is 3.73. The van der Waals surface area contributed by atoms with Gasteiger partial charge in [0, 0.05) is 38.1 Å². The third-order valence-corrected chi connectivity index (χ3v) is 3.73. The van der Waals surface area contributed by atoms with E-state index in [-0.39, 0.29) is 6.04 Å². The minimum atomic E-state index is -1.19. The fourth-order valence-electron chi connectivity index (χ4n) is 2.74. The molecule has 0 aromatic carbocycles. The van der Waals surface area contributed by atoms with Gasteiger partial charge in [-0.1, -0.05) is 12.5 Å². The third kappa shape index (κ3) is 4.58. The summed E-state index contributed by atoms with van der Waals surface area (Å²) in [7, 11) is -1.19. The summed E-state index contributed by atoms with van der Waals surface area (Å²) in [6.45, 7) is 2.78. The van der Waals surface area contributed by atoms with Gasteiger partial charge in [0.25, 0.3) is 0 Å². The molecule has 1 fully saturated rings. The number of pyridine rings is 1. The van der Waals surface area contributed by atoms with E-state index in [1.807, 2.05) is 12.3 Å². The highest BCUT2D eigenvalue weighted by atomic mass is 16.4. The van der Waals surface area contributed by atoms with Gasteiger partial charge in [-0.25, -0.2) is 0 Å².